The van der Waals surface area contributed by atoms with E-state index in [1.54, 1.807) is 31.4 Å². The highest BCUT2D eigenvalue weighted by molar-refractivity contribution is 5.95. The molecule has 0 spiro atoms. The zero-order valence-corrected chi connectivity index (χ0v) is 21.2. The van der Waals surface area contributed by atoms with Crippen LogP contribution in [0.25, 0.3) is 11.3 Å². The van der Waals surface area contributed by atoms with Crippen molar-refractivity contribution in [1.82, 2.24) is 15.2 Å². The molecule has 3 aromatic rings. The van der Waals surface area contributed by atoms with E-state index in [1.807, 2.05) is 63.2 Å². The summed E-state index contributed by atoms with van der Waals surface area (Å²) in [5, 5.41) is 12.2. The van der Waals surface area contributed by atoms with Crippen molar-refractivity contribution in [3.63, 3.8) is 0 Å². The minimum Gasteiger partial charge on any atom is -0.497 e. The smallest absolute Gasteiger partial charge is 0.407 e. The minimum absolute atomic E-state index is 0.195. The molecule has 0 unspecified atom stereocenters. The molecule has 0 saturated carbocycles. The van der Waals surface area contributed by atoms with Gasteiger partial charge in [0.15, 0.2) is 0 Å². The van der Waals surface area contributed by atoms with Gasteiger partial charge in [0.2, 0.25) is 5.88 Å². The van der Waals surface area contributed by atoms with Crippen LogP contribution in [0.1, 0.15) is 36.7 Å². The number of hydrogen-bond acceptors (Lipinski definition) is 5. The van der Waals surface area contributed by atoms with Gasteiger partial charge in [-0.05, 0) is 56.7 Å². The molecule has 36 heavy (non-hydrogen) atoms. The average molecular weight is 492 g/mol. The van der Waals surface area contributed by atoms with Gasteiger partial charge in [-0.1, -0.05) is 30.3 Å². The average Bonchev–Trinajstić information content (AvgIpc) is 2.86. The Labute approximate surface area is 211 Å². The molecule has 2 N–H and O–H groups in total. The zero-order valence-electron chi connectivity index (χ0n) is 21.2. The number of pyridine rings is 1. The molecule has 0 saturated heterocycles. The molecule has 2 aromatic carbocycles. The Morgan fingerprint density at radius 1 is 1.03 bits per heavy atom. The number of nitrogens with zero attached hydrogens (tertiary/aromatic N) is 2. The van der Waals surface area contributed by atoms with Crippen molar-refractivity contribution in [3.8, 4) is 22.9 Å². The number of amides is 2. The number of carbonyl (C=O) groups is 2. The van der Waals surface area contributed by atoms with Crippen molar-refractivity contribution in [1.29, 1.82) is 0 Å². The van der Waals surface area contributed by atoms with Gasteiger partial charge in [0, 0.05) is 42.2 Å². The van der Waals surface area contributed by atoms with Crippen LogP contribution in [0.2, 0.25) is 0 Å². The Morgan fingerprint density at radius 3 is 2.50 bits per heavy atom. The Hall–Kier alpha value is -4.07. The second kappa shape index (κ2) is 12.1. The molecular weight excluding hydrogens is 458 g/mol. The number of benzene rings is 2. The van der Waals surface area contributed by atoms with E-state index in [4.69, 9.17) is 9.47 Å². The largest absolute Gasteiger partial charge is 0.497 e. The lowest BCUT2D eigenvalue weighted by Gasteiger charge is -2.33. The maximum Gasteiger partial charge on any atom is 0.407 e. The predicted molar refractivity (Wildman–Crippen MR) is 139 cm³/mol. The minimum atomic E-state index is -1.02. The third kappa shape index (κ3) is 7.46. The van der Waals surface area contributed by atoms with Crippen LogP contribution < -0.4 is 14.8 Å². The van der Waals surface area contributed by atoms with E-state index in [9.17, 15) is 14.7 Å². The fourth-order valence-electron chi connectivity index (χ4n) is 3.68. The van der Waals surface area contributed by atoms with Crippen molar-refractivity contribution in [2.75, 3.05) is 26.8 Å². The van der Waals surface area contributed by atoms with Gasteiger partial charge in [0.1, 0.15) is 5.75 Å². The Morgan fingerprint density at radius 2 is 1.78 bits per heavy atom. The van der Waals surface area contributed by atoms with Crippen LogP contribution in [0.4, 0.5) is 4.79 Å². The van der Waals surface area contributed by atoms with Gasteiger partial charge in [0.05, 0.1) is 19.4 Å². The highest BCUT2D eigenvalue weighted by Gasteiger charge is 2.25. The van der Waals surface area contributed by atoms with Gasteiger partial charge >= 0.3 is 6.09 Å². The van der Waals surface area contributed by atoms with Crippen LogP contribution in [-0.4, -0.2) is 59.3 Å². The van der Waals surface area contributed by atoms with E-state index in [0.717, 1.165) is 16.9 Å². The monoisotopic (exact) mass is 491 g/mol. The highest BCUT2D eigenvalue weighted by Crippen LogP contribution is 2.21. The van der Waals surface area contributed by atoms with Gasteiger partial charge < -0.3 is 24.8 Å². The quantitative estimate of drug-likeness (QED) is 0.419. The van der Waals surface area contributed by atoms with E-state index in [2.05, 4.69) is 10.3 Å². The second-order valence-corrected chi connectivity index (χ2v) is 9.25. The molecule has 0 radical (unpaired) electrons. The molecule has 3 rings (SSSR count). The van der Waals surface area contributed by atoms with E-state index >= 15 is 0 Å². The lowest BCUT2D eigenvalue weighted by molar-refractivity contribution is 0.0892. The molecule has 0 aliphatic carbocycles. The molecule has 0 fully saturated rings. The number of carbonyl (C=O) groups excluding carboxylic acids is 1. The summed E-state index contributed by atoms with van der Waals surface area (Å²) in [7, 11) is 1.64. The molecule has 1 aromatic heterocycles. The lowest BCUT2D eigenvalue weighted by Crippen LogP contribution is -2.48. The number of hydrogen-bond donors (Lipinski definition) is 2. The van der Waals surface area contributed by atoms with Crippen LogP contribution in [0.15, 0.2) is 66.7 Å². The maximum absolute atomic E-state index is 12.7. The Balaban J connectivity index is 1.60. The lowest BCUT2D eigenvalue weighted by atomic mass is 10.1. The van der Waals surface area contributed by atoms with Crippen LogP contribution in [0, 0.1) is 0 Å². The summed E-state index contributed by atoms with van der Waals surface area (Å²) in [4.78, 5) is 30.1. The van der Waals surface area contributed by atoms with E-state index in [-0.39, 0.29) is 19.0 Å². The van der Waals surface area contributed by atoms with Crippen LogP contribution >= 0.6 is 0 Å². The molecule has 0 aliphatic heterocycles. The molecule has 8 nitrogen and oxygen atoms in total. The standard InChI is InChI=1S/C28H33N3O5/c1-28(2,3)31(27(33)34)16-15-29-26(32)22-10-6-9-21(19-22)24-12-7-13-25(30-24)36-17-14-20-8-5-11-23(18-20)35-4/h5-13,18-19H,14-17H2,1-4H3,(H,29,32)(H,33,34). The Bertz CT molecular complexity index is 1190. The normalized spacial score (nSPS) is 11.0. The topological polar surface area (TPSA) is 101 Å². The summed E-state index contributed by atoms with van der Waals surface area (Å²) in [5.41, 5.74) is 2.49. The number of nitrogens with one attached hydrogen (secondary N) is 1. The third-order valence-electron chi connectivity index (χ3n) is 5.58. The first kappa shape index (κ1) is 26.5. The number of methoxy groups -OCH3 is 1. The van der Waals surface area contributed by atoms with E-state index < -0.39 is 11.6 Å². The van der Waals surface area contributed by atoms with Gasteiger partial charge in [-0.2, -0.15) is 0 Å². The molecule has 8 heteroatoms. The molecule has 1 heterocycles. The van der Waals surface area contributed by atoms with Crippen LogP contribution in [0.5, 0.6) is 11.6 Å². The molecular formula is C28H33N3O5. The summed E-state index contributed by atoms with van der Waals surface area (Å²) in [6, 6.07) is 20.5. The third-order valence-corrected chi connectivity index (χ3v) is 5.58. The first-order valence-electron chi connectivity index (χ1n) is 11.8. The highest BCUT2D eigenvalue weighted by atomic mass is 16.5. The van der Waals surface area contributed by atoms with Crippen LogP contribution in [0.3, 0.4) is 0 Å². The Kier molecular flexibility index (Phi) is 8.89. The van der Waals surface area contributed by atoms with E-state index in [1.165, 1.54) is 4.90 Å². The fourth-order valence-corrected chi connectivity index (χ4v) is 3.68. The molecule has 190 valence electrons. The van der Waals surface area contributed by atoms with Crippen molar-refractivity contribution in [2.45, 2.75) is 32.7 Å². The number of aromatic nitrogens is 1. The van der Waals surface area contributed by atoms with Gasteiger partial charge in [0.25, 0.3) is 5.91 Å². The van der Waals surface area contributed by atoms with E-state index in [0.29, 0.717) is 30.2 Å². The SMILES string of the molecule is COc1cccc(CCOc2cccc(-c3cccc(C(=O)NCCN(C(=O)O)C(C)(C)C)c3)n2)c1. The first-order chi connectivity index (χ1) is 17.2. The van der Waals surface area contributed by atoms with Crippen molar-refractivity contribution < 1.29 is 24.2 Å². The molecule has 0 aliphatic rings. The molecule has 0 atom stereocenters. The fraction of sp³-hybridized carbons (Fsp3) is 0.321. The number of rotatable bonds is 10. The summed E-state index contributed by atoms with van der Waals surface area (Å²) in [5.74, 6) is 1.04. The summed E-state index contributed by atoms with van der Waals surface area (Å²) < 4.78 is 11.1. The van der Waals surface area contributed by atoms with Crippen molar-refractivity contribution in [2.24, 2.45) is 0 Å². The summed E-state index contributed by atoms with van der Waals surface area (Å²) in [6.45, 7) is 6.32. The molecule has 0 bridgehead atoms. The first-order valence-corrected chi connectivity index (χ1v) is 11.8. The van der Waals surface area contributed by atoms with Crippen LogP contribution in [-0.2, 0) is 6.42 Å². The second-order valence-electron chi connectivity index (χ2n) is 9.25. The number of ether oxygens (including phenoxy) is 2. The van der Waals surface area contributed by atoms with Gasteiger partial charge in [-0.15, -0.1) is 0 Å². The van der Waals surface area contributed by atoms with Crippen molar-refractivity contribution >= 4 is 12.0 Å². The molecule has 2 amide bonds. The van der Waals surface area contributed by atoms with Gasteiger partial charge in [-0.25, -0.2) is 9.78 Å². The summed E-state index contributed by atoms with van der Waals surface area (Å²) >= 11 is 0. The number of carboxylic acid groups (broad SMARTS) is 1. The predicted octanol–water partition coefficient (Wildman–Crippen LogP) is 4.89. The van der Waals surface area contributed by atoms with Gasteiger partial charge in [-0.3, -0.25) is 4.79 Å². The zero-order chi connectivity index (χ0) is 26.1. The van der Waals surface area contributed by atoms with Crippen molar-refractivity contribution in [3.05, 3.63) is 77.9 Å². The summed E-state index contributed by atoms with van der Waals surface area (Å²) in [6.07, 6.45) is -0.303. The maximum atomic E-state index is 12.7.